The second-order valence-electron chi connectivity index (χ2n) is 6.57. The van der Waals surface area contributed by atoms with E-state index in [9.17, 15) is 24.9 Å². The Balaban J connectivity index is 2.14. The Bertz CT molecular complexity index is 1100. The fraction of sp³-hybridized carbons (Fsp3) is 0.0909. The van der Waals surface area contributed by atoms with E-state index >= 15 is 0 Å². The molecule has 0 fully saturated rings. The van der Waals surface area contributed by atoms with Crippen molar-refractivity contribution in [3.63, 3.8) is 0 Å². The molecule has 0 atom stereocenters. The molecule has 0 unspecified atom stereocenters. The van der Waals surface area contributed by atoms with Crippen molar-refractivity contribution in [3.05, 3.63) is 82.4 Å². The molecule has 0 aromatic heterocycles. The van der Waals surface area contributed by atoms with Crippen LogP contribution in [0, 0.1) is 0 Å². The van der Waals surface area contributed by atoms with Gasteiger partial charge in [0.2, 0.25) is 0 Å². The molecule has 0 amide bonds. The largest absolute Gasteiger partial charge is 0.508 e. The van der Waals surface area contributed by atoms with Crippen molar-refractivity contribution < 1.29 is 34.4 Å². The first-order valence-electron chi connectivity index (χ1n) is 8.63. The lowest BCUT2D eigenvalue weighted by molar-refractivity contribution is 0.0488. The zero-order chi connectivity index (χ0) is 20.8. The predicted molar refractivity (Wildman–Crippen MR) is 102 cm³/mol. The third-order valence-electron chi connectivity index (χ3n) is 5.02. The van der Waals surface area contributed by atoms with Gasteiger partial charge in [-0.15, -0.1) is 0 Å². The van der Waals surface area contributed by atoms with E-state index in [0.717, 1.165) is 0 Å². The molecule has 0 saturated heterocycles. The van der Waals surface area contributed by atoms with Crippen LogP contribution in [-0.4, -0.2) is 34.7 Å². The summed E-state index contributed by atoms with van der Waals surface area (Å²) in [7, 11) is 1.43. The monoisotopic (exact) mass is 392 g/mol. The van der Waals surface area contributed by atoms with Crippen LogP contribution < -0.4 is 4.74 Å². The van der Waals surface area contributed by atoms with E-state index in [1.807, 2.05) is 0 Å². The van der Waals surface area contributed by atoms with E-state index in [-0.39, 0.29) is 34.1 Å². The summed E-state index contributed by atoms with van der Waals surface area (Å²) < 4.78 is 11.8. The van der Waals surface area contributed by atoms with Gasteiger partial charge in [-0.05, 0) is 36.4 Å². The van der Waals surface area contributed by atoms with Crippen LogP contribution in [0.1, 0.15) is 37.4 Å². The number of ether oxygens (including phenoxy) is 2. The molecule has 0 aliphatic carbocycles. The van der Waals surface area contributed by atoms with Gasteiger partial charge in [0.05, 0.1) is 5.56 Å². The number of hydrogen-bond acceptors (Lipinski definition) is 6. The van der Waals surface area contributed by atoms with Crippen LogP contribution in [0.2, 0.25) is 0 Å². The van der Waals surface area contributed by atoms with Crippen molar-refractivity contribution in [2.24, 2.45) is 0 Å². The van der Waals surface area contributed by atoms with Gasteiger partial charge in [-0.3, -0.25) is 4.79 Å². The average molecular weight is 392 g/mol. The highest BCUT2D eigenvalue weighted by molar-refractivity contribution is 5.90. The summed E-state index contributed by atoms with van der Waals surface area (Å²) in [5, 5.41) is 29.3. The Morgan fingerprint density at radius 2 is 1.52 bits per heavy atom. The summed E-state index contributed by atoms with van der Waals surface area (Å²) in [5.41, 5.74) is 0.0535. The number of methoxy groups -OCH3 is 1. The lowest BCUT2D eigenvalue weighted by atomic mass is 9.75. The summed E-state index contributed by atoms with van der Waals surface area (Å²) >= 11 is 0. The third kappa shape index (κ3) is 2.71. The number of carboxylic acid groups (broad SMARTS) is 1. The van der Waals surface area contributed by atoms with Gasteiger partial charge in [0, 0.05) is 41.5 Å². The first-order valence-corrected chi connectivity index (χ1v) is 8.63. The van der Waals surface area contributed by atoms with Crippen LogP contribution in [0.3, 0.4) is 0 Å². The zero-order valence-electron chi connectivity index (χ0n) is 15.2. The molecule has 1 aliphatic rings. The maximum Gasteiger partial charge on any atom is 0.335 e. The summed E-state index contributed by atoms with van der Waals surface area (Å²) in [6.07, 6.45) is 0.622. The quantitative estimate of drug-likeness (QED) is 0.581. The molecule has 29 heavy (non-hydrogen) atoms. The number of phenols is 2. The molecule has 0 bridgehead atoms. The van der Waals surface area contributed by atoms with Gasteiger partial charge in [-0.1, -0.05) is 6.07 Å². The lowest BCUT2D eigenvalue weighted by Crippen LogP contribution is -2.36. The van der Waals surface area contributed by atoms with Crippen LogP contribution in [-0.2, 0) is 10.3 Å². The first kappa shape index (κ1) is 18.5. The van der Waals surface area contributed by atoms with Gasteiger partial charge in [0.15, 0.2) is 5.60 Å². The van der Waals surface area contributed by atoms with Crippen LogP contribution in [0.15, 0.2) is 54.6 Å². The molecule has 146 valence electrons. The highest BCUT2D eigenvalue weighted by Gasteiger charge is 2.46. The summed E-state index contributed by atoms with van der Waals surface area (Å²) in [6, 6.07) is 13.0. The Morgan fingerprint density at radius 1 is 0.931 bits per heavy atom. The van der Waals surface area contributed by atoms with Crippen molar-refractivity contribution >= 4 is 12.3 Å². The Labute approximate surface area is 165 Å². The van der Waals surface area contributed by atoms with E-state index in [0.29, 0.717) is 23.0 Å². The van der Waals surface area contributed by atoms with Crippen molar-refractivity contribution in [1.29, 1.82) is 0 Å². The molecule has 0 saturated carbocycles. The summed E-state index contributed by atoms with van der Waals surface area (Å²) in [5.74, 6) is -0.747. The summed E-state index contributed by atoms with van der Waals surface area (Å²) in [4.78, 5) is 23.4. The molecule has 1 heterocycles. The van der Waals surface area contributed by atoms with Crippen LogP contribution in [0.4, 0.5) is 0 Å². The third-order valence-corrected chi connectivity index (χ3v) is 5.02. The molecule has 1 aliphatic heterocycles. The Kier molecular flexibility index (Phi) is 4.24. The van der Waals surface area contributed by atoms with Crippen molar-refractivity contribution in [3.8, 4) is 23.0 Å². The van der Waals surface area contributed by atoms with Crippen molar-refractivity contribution in [1.82, 2.24) is 0 Å². The number of carbonyl (C=O) groups is 2. The average Bonchev–Trinajstić information content (AvgIpc) is 2.71. The fourth-order valence-corrected chi connectivity index (χ4v) is 3.75. The fourth-order valence-electron chi connectivity index (χ4n) is 3.75. The second kappa shape index (κ2) is 6.65. The minimum atomic E-state index is -1.41. The smallest absolute Gasteiger partial charge is 0.335 e. The van der Waals surface area contributed by atoms with Crippen molar-refractivity contribution in [2.45, 2.75) is 5.60 Å². The maximum absolute atomic E-state index is 11.8. The molecule has 3 aromatic rings. The Morgan fingerprint density at radius 3 is 2.00 bits per heavy atom. The predicted octanol–water partition coefficient (Wildman–Crippen LogP) is 3.65. The molecule has 0 radical (unpaired) electrons. The molecule has 4 rings (SSSR count). The SMILES string of the molecule is COC1(c2cc(C(=O)O)ccc2C=O)c2ccc(O)cc2Oc2cc(O)ccc21. The van der Waals surface area contributed by atoms with E-state index in [2.05, 4.69) is 0 Å². The van der Waals surface area contributed by atoms with Gasteiger partial charge < -0.3 is 24.8 Å². The molecule has 3 aromatic carbocycles. The van der Waals surface area contributed by atoms with E-state index in [1.165, 1.54) is 49.6 Å². The van der Waals surface area contributed by atoms with Gasteiger partial charge >= 0.3 is 5.97 Å². The van der Waals surface area contributed by atoms with E-state index in [1.54, 1.807) is 12.1 Å². The molecular weight excluding hydrogens is 376 g/mol. The van der Waals surface area contributed by atoms with Crippen LogP contribution in [0.5, 0.6) is 23.0 Å². The number of aromatic carboxylic acids is 1. The maximum atomic E-state index is 11.8. The number of benzene rings is 3. The zero-order valence-corrected chi connectivity index (χ0v) is 15.2. The van der Waals surface area contributed by atoms with Gasteiger partial charge in [0.1, 0.15) is 29.3 Å². The van der Waals surface area contributed by atoms with Gasteiger partial charge in [-0.25, -0.2) is 4.79 Å². The number of hydrogen-bond donors (Lipinski definition) is 3. The van der Waals surface area contributed by atoms with E-state index < -0.39 is 11.6 Å². The Hall–Kier alpha value is -3.84. The number of aldehydes is 1. The highest BCUT2D eigenvalue weighted by atomic mass is 16.5. The molecular formula is C22H16O7. The minimum absolute atomic E-state index is 0.0193. The number of aromatic hydroxyl groups is 2. The highest BCUT2D eigenvalue weighted by Crippen LogP contribution is 2.54. The number of fused-ring (bicyclic) bond motifs is 2. The molecule has 7 nitrogen and oxygen atoms in total. The number of phenolic OH excluding ortho intramolecular Hbond substituents is 2. The van der Waals surface area contributed by atoms with Gasteiger partial charge in [-0.2, -0.15) is 0 Å². The number of carbonyl (C=O) groups excluding carboxylic acids is 1. The van der Waals surface area contributed by atoms with E-state index in [4.69, 9.17) is 9.47 Å². The second-order valence-corrected chi connectivity index (χ2v) is 6.57. The minimum Gasteiger partial charge on any atom is -0.508 e. The van der Waals surface area contributed by atoms with Crippen LogP contribution >= 0.6 is 0 Å². The standard InChI is InChI=1S/C22H16O7/c1-28-22(18-8-12(21(26)27)2-3-13(18)11-23)16-6-4-14(24)9-19(16)29-20-10-15(25)5-7-17(20)22/h2-11,24-25H,1H3,(H,26,27). The van der Waals surface area contributed by atoms with Crippen LogP contribution in [0.25, 0.3) is 0 Å². The summed E-state index contributed by atoms with van der Waals surface area (Å²) in [6.45, 7) is 0. The van der Waals surface area contributed by atoms with Crippen molar-refractivity contribution in [2.75, 3.05) is 7.11 Å². The topological polar surface area (TPSA) is 113 Å². The molecule has 7 heteroatoms. The first-order chi connectivity index (χ1) is 13.9. The number of carboxylic acids is 1. The molecule has 3 N–H and O–H groups in total. The number of rotatable bonds is 4. The molecule has 0 spiro atoms. The van der Waals surface area contributed by atoms with Gasteiger partial charge in [0.25, 0.3) is 0 Å². The lowest BCUT2D eigenvalue weighted by Gasteiger charge is -2.40. The normalized spacial score (nSPS) is 13.7.